The lowest BCUT2D eigenvalue weighted by molar-refractivity contribution is -0.141. The van der Waals surface area contributed by atoms with E-state index in [-0.39, 0.29) is 19.5 Å². The van der Waals surface area contributed by atoms with Crippen LogP contribution in [0.3, 0.4) is 0 Å². The van der Waals surface area contributed by atoms with Crippen LogP contribution in [0.5, 0.6) is 0 Å². The number of likely N-dealkylation sites (tertiary alicyclic amines) is 1. The number of β-amino-alcohol motifs (C(OH)–C–C–N with tert-alkyl or cyclic N) is 1. The molecule has 0 spiro atoms. The van der Waals surface area contributed by atoms with E-state index in [0.29, 0.717) is 11.5 Å². The normalized spacial score (nSPS) is 24.9. The van der Waals surface area contributed by atoms with Crippen molar-refractivity contribution in [1.29, 1.82) is 0 Å². The van der Waals surface area contributed by atoms with Gasteiger partial charge in [0.15, 0.2) is 0 Å². The number of rotatable bonds is 5. The number of urea groups is 1. The zero-order chi connectivity index (χ0) is 13.7. The Bertz CT molecular complexity index is 349. The average Bonchev–Trinajstić information content (AvgIpc) is 2.71. The van der Waals surface area contributed by atoms with Gasteiger partial charge in [0.25, 0.3) is 0 Å². The Kier molecular flexibility index (Phi) is 5.54. The minimum atomic E-state index is -1.13. The molecule has 1 fully saturated rings. The molecule has 18 heavy (non-hydrogen) atoms. The van der Waals surface area contributed by atoms with Crippen LogP contribution in [0.2, 0.25) is 0 Å². The summed E-state index contributed by atoms with van der Waals surface area (Å²) in [5.41, 5.74) is 0. The van der Waals surface area contributed by atoms with Crippen molar-refractivity contribution in [3.8, 4) is 0 Å². The molecule has 0 radical (unpaired) electrons. The Labute approximate surface area is 108 Å². The Morgan fingerprint density at radius 1 is 1.50 bits per heavy atom. The molecular weight excluding hydrogens is 260 g/mol. The van der Waals surface area contributed by atoms with Gasteiger partial charge in [-0.05, 0) is 0 Å². The Balaban J connectivity index is 2.45. The number of carbonyl (C=O) groups excluding carboxylic acids is 1. The van der Waals surface area contributed by atoms with Gasteiger partial charge < -0.3 is 20.4 Å². The van der Waals surface area contributed by atoms with E-state index in [0.717, 1.165) is 4.90 Å². The smallest absolute Gasteiger partial charge is 0.326 e. The molecule has 2 amide bonds. The first-order valence-electron chi connectivity index (χ1n) is 5.76. The fourth-order valence-corrected chi connectivity index (χ4v) is 2.41. The number of hydrogen-bond acceptors (Lipinski definition) is 4. The van der Waals surface area contributed by atoms with E-state index in [2.05, 4.69) is 5.32 Å². The molecule has 1 unspecified atom stereocenters. The Morgan fingerprint density at radius 2 is 2.17 bits per heavy atom. The first-order valence-corrected chi connectivity index (χ1v) is 7.24. The van der Waals surface area contributed by atoms with Gasteiger partial charge in [0.2, 0.25) is 0 Å². The largest absolute Gasteiger partial charge is 0.480 e. The van der Waals surface area contributed by atoms with Crippen molar-refractivity contribution < 1.29 is 24.0 Å². The topological polar surface area (TPSA) is 107 Å². The number of aliphatic carboxylic acids is 1. The molecule has 104 valence electrons. The molecule has 0 aromatic rings. The molecule has 1 saturated heterocycles. The highest BCUT2D eigenvalue weighted by Gasteiger charge is 2.38. The van der Waals surface area contributed by atoms with Crippen LogP contribution in [0.1, 0.15) is 13.3 Å². The van der Waals surface area contributed by atoms with Crippen LogP contribution in [0.25, 0.3) is 0 Å². The molecule has 0 saturated carbocycles. The number of aliphatic hydroxyl groups is 1. The summed E-state index contributed by atoms with van der Waals surface area (Å²) in [5.74, 6) is -0.259. The van der Waals surface area contributed by atoms with Gasteiger partial charge in [0.05, 0.1) is 6.10 Å². The summed E-state index contributed by atoms with van der Waals surface area (Å²) in [4.78, 5) is 23.7. The predicted octanol–water partition coefficient (Wildman–Crippen LogP) is -1.02. The first-order chi connectivity index (χ1) is 8.45. The van der Waals surface area contributed by atoms with Gasteiger partial charge in [0.1, 0.15) is 6.04 Å². The van der Waals surface area contributed by atoms with E-state index in [9.17, 15) is 18.9 Å². The molecule has 0 aliphatic carbocycles. The number of nitrogens with one attached hydrogen (secondary N) is 1. The first kappa shape index (κ1) is 14.9. The van der Waals surface area contributed by atoms with Crippen LogP contribution in [-0.4, -0.2) is 68.1 Å². The van der Waals surface area contributed by atoms with E-state index < -0.39 is 34.9 Å². The highest BCUT2D eigenvalue weighted by Crippen LogP contribution is 2.17. The number of nitrogens with zero attached hydrogens (tertiary/aromatic N) is 1. The van der Waals surface area contributed by atoms with E-state index in [4.69, 9.17) is 5.11 Å². The van der Waals surface area contributed by atoms with Gasteiger partial charge >= 0.3 is 12.0 Å². The van der Waals surface area contributed by atoms with Crippen LogP contribution in [0.4, 0.5) is 4.79 Å². The van der Waals surface area contributed by atoms with E-state index in [1.165, 1.54) is 0 Å². The number of carbonyl (C=O) groups is 2. The molecular formula is C10H18N2O5S. The lowest BCUT2D eigenvalue weighted by Crippen LogP contribution is -2.47. The van der Waals surface area contributed by atoms with Crippen molar-refractivity contribution in [1.82, 2.24) is 10.2 Å². The predicted molar refractivity (Wildman–Crippen MR) is 65.7 cm³/mol. The minimum Gasteiger partial charge on any atom is -0.480 e. The second kappa shape index (κ2) is 6.69. The average molecular weight is 278 g/mol. The zero-order valence-corrected chi connectivity index (χ0v) is 11.0. The molecule has 0 aromatic carbocycles. The second-order valence-corrected chi connectivity index (χ2v) is 5.93. The summed E-state index contributed by atoms with van der Waals surface area (Å²) >= 11 is 0. The highest BCUT2D eigenvalue weighted by molar-refractivity contribution is 7.84. The number of aliphatic hydroxyl groups excluding tert-OH is 1. The SMILES string of the molecule is CCS(=O)CCNC(=O)N1C[C@H](O)C[C@@H]1C(=O)O. The summed E-state index contributed by atoms with van der Waals surface area (Å²) in [6, 6.07) is -1.52. The maximum Gasteiger partial charge on any atom is 0.326 e. The molecule has 3 N–H and O–H groups in total. The fraction of sp³-hybridized carbons (Fsp3) is 0.800. The third-order valence-corrected chi connectivity index (χ3v) is 4.06. The van der Waals surface area contributed by atoms with Crippen molar-refractivity contribution in [2.75, 3.05) is 24.6 Å². The summed E-state index contributed by atoms with van der Waals surface area (Å²) in [7, 11) is -0.968. The third kappa shape index (κ3) is 3.95. The zero-order valence-electron chi connectivity index (χ0n) is 10.2. The van der Waals surface area contributed by atoms with Crippen LogP contribution in [-0.2, 0) is 15.6 Å². The van der Waals surface area contributed by atoms with Crippen molar-refractivity contribution in [2.45, 2.75) is 25.5 Å². The van der Waals surface area contributed by atoms with Crippen LogP contribution >= 0.6 is 0 Å². The molecule has 0 aromatic heterocycles. The van der Waals surface area contributed by atoms with Crippen molar-refractivity contribution in [2.24, 2.45) is 0 Å². The van der Waals surface area contributed by atoms with E-state index in [1.807, 2.05) is 0 Å². The standard InChI is InChI=1S/C10H18N2O5S/c1-2-18(17)4-3-11-10(16)12-6-7(13)5-8(12)9(14)15/h7-8,13H,2-6H2,1H3,(H,11,16)(H,14,15)/t7-,8-,18?/m1/s1. The minimum absolute atomic E-state index is 0.0136. The molecule has 1 aliphatic heterocycles. The molecule has 7 nitrogen and oxygen atoms in total. The monoisotopic (exact) mass is 278 g/mol. The number of carboxylic acids is 1. The Hall–Kier alpha value is -1.15. The van der Waals surface area contributed by atoms with Crippen molar-refractivity contribution in [3.05, 3.63) is 0 Å². The fourth-order valence-electron chi connectivity index (χ4n) is 1.79. The number of carboxylic acid groups (broad SMARTS) is 1. The summed E-state index contributed by atoms with van der Waals surface area (Å²) in [6.45, 7) is 2.03. The second-order valence-electron chi connectivity index (χ2n) is 4.06. The van der Waals surface area contributed by atoms with Crippen LogP contribution in [0, 0.1) is 0 Å². The quantitative estimate of drug-likeness (QED) is 0.597. The Morgan fingerprint density at radius 3 is 2.72 bits per heavy atom. The van der Waals surface area contributed by atoms with Gasteiger partial charge in [0, 0.05) is 41.8 Å². The molecule has 1 aliphatic rings. The maximum absolute atomic E-state index is 11.7. The molecule has 1 rings (SSSR count). The maximum atomic E-state index is 11.7. The number of amides is 2. The molecule has 8 heteroatoms. The van der Waals surface area contributed by atoms with E-state index >= 15 is 0 Å². The van der Waals surface area contributed by atoms with Crippen molar-refractivity contribution in [3.63, 3.8) is 0 Å². The molecule has 0 bridgehead atoms. The van der Waals surface area contributed by atoms with Gasteiger partial charge in [-0.2, -0.15) is 0 Å². The van der Waals surface area contributed by atoms with Gasteiger partial charge in [-0.15, -0.1) is 0 Å². The molecule has 3 atom stereocenters. The van der Waals surface area contributed by atoms with E-state index in [1.54, 1.807) is 6.92 Å². The van der Waals surface area contributed by atoms with Crippen LogP contribution in [0.15, 0.2) is 0 Å². The lowest BCUT2D eigenvalue weighted by Gasteiger charge is -2.21. The lowest BCUT2D eigenvalue weighted by atomic mass is 10.2. The molecule has 1 heterocycles. The third-order valence-electron chi connectivity index (χ3n) is 2.75. The van der Waals surface area contributed by atoms with Crippen LogP contribution < -0.4 is 5.32 Å². The summed E-state index contributed by atoms with van der Waals surface area (Å²) < 4.78 is 11.2. The van der Waals surface area contributed by atoms with Gasteiger partial charge in [-0.1, -0.05) is 6.92 Å². The summed E-state index contributed by atoms with van der Waals surface area (Å²) in [6.07, 6.45) is -0.759. The van der Waals surface area contributed by atoms with Gasteiger partial charge in [-0.3, -0.25) is 4.21 Å². The highest BCUT2D eigenvalue weighted by atomic mass is 32.2. The van der Waals surface area contributed by atoms with Crippen molar-refractivity contribution >= 4 is 22.8 Å². The van der Waals surface area contributed by atoms with Gasteiger partial charge in [-0.25, -0.2) is 9.59 Å². The summed E-state index contributed by atoms with van der Waals surface area (Å²) in [5, 5.41) is 20.8. The number of hydrogen-bond donors (Lipinski definition) is 3.